The first kappa shape index (κ1) is 17.8. The third-order valence-electron chi connectivity index (χ3n) is 4.68. The van der Waals surface area contributed by atoms with E-state index in [0.717, 1.165) is 18.7 Å². The maximum absolute atomic E-state index is 14.1. The molecule has 2 aromatic heterocycles. The summed E-state index contributed by atoms with van der Waals surface area (Å²) in [6.07, 6.45) is 1.19. The number of aliphatic hydroxyl groups excluding tert-OH is 1. The van der Waals surface area contributed by atoms with Crippen molar-refractivity contribution in [2.24, 2.45) is 0 Å². The Kier molecular flexibility index (Phi) is 5.00. The fourth-order valence-corrected chi connectivity index (χ4v) is 3.31. The lowest BCUT2D eigenvalue weighted by Crippen LogP contribution is -2.17. The van der Waals surface area contributed by atoms with Gasteiger partial charge in [-0.2, -0.15) is 10.2 Å². The van der Waals surface area contributed by atoms with Gasteiger partial charge in [-0.3, -0.25) is 5.10 Å². The highest BCUT2D eigenvalue weighted by Gasteiger charge is 2.24. The SMILES string of the molecule is CC(O)Cn1nc(C2CCOCC2)nc1-c1cc(-c2ccccc2F)n[nH]1. The van der Waals surface area contributed by atoms with Crippen LogP contribution in [0.3, 0.4) is 0 Å². The maximum atomic E-state index is 14.1. The number of H-pyrrole nitrogens is 1. The highest BCUT2D eigenvalue weighted by Crippen LogP contribution is 2.29. The number of nitrogens with zero attached hydrogens (tertiary/aromatic N) is 4. The zero-order chi connectivity index (χ0) is 18.8. The van der Waals surface area contributed by atoms with E-state index < -0.39 is 6.10 Å². The first-order chi connectivity index (χ1) is 13.1. The predicted molar refractivity (Wildman–Crippen MR) is 97.5 cm³/mol. The largest absolute Gasteiger partial charge is 0.391 e. The lowest BCUT2D eigenvalue weighted by molar-refractivity contribution is 0.0834. The maximum Gasteiger partial charge on any atom is 0.176 e. The molecular weight excluding hydrogens is 349 g/mol. The molecule has 1 aromatic carbocycles. The van der Waals surface area contributed by atoms with Gasteiger partial charge in [0.25, 0.3) is 0 Å². The molecule has 7 nitrogen and oxygen atoms in total. The number of nitrogens with one attached hydrogen (secondary N) is 1. The second kappa shape index (κ2) is 7.58. The zero-order valence-electron chi connectivity index (χ0n) is 15.1. The summed E-state index contributed by atoms with van der Waals surface area (Å²) in [5.74, 6) is 1.24. The Bertz CT molecular complexity index is 914. The predicted octanol–water partition coefficient (Wildman–Crippen LogP) is 2.75. The molecule has 3 aromatic rings. The van der Waals surface area contributed by atoms with Gasteiger partial charge in [-0.25, -0.2) is 14.1 Å². The van der Waals surface area contributed by atoms with Crippen molar-refractivity contribution < 1.29 is 14.2 Å². The summed E-state index contributed by atoms with van der Waals surface area (Å²) in [7, 11) is 0. The van der Waals surface area contributed by atoms with E-state index in [9.17, 15) is 9.50 Å². The minimum absolute atomic E-state index is 0.238. The molecular formula is C19H22FN5O2. The monoisotopic (exact) mass is 371 g/mol. The highest BCUT2D eigenvalue weighted by atomic mass is 19.1. The van der Waals surface area contributed by atoms with Crippen molar-refractivity contribution in [3.05, 3.63) is 42.0 Å². The molecule has 1 aliphatic rings. The molecule has 1 saturated heterocycles. The molecule has 4 rings (SSSR count). The van der Waals surface area contributed by atoms with E-state index in [1.165, 1.54) is 6.07 Å². The highest BCUT2D eigenvalue weighted by molar-refractivity contribution is 5.65. The van der Waals surface area contributed by atoms with Gasteiger partial charge in [0.05, 0.1) is 18.3 Å². The number of hydrogen-bond acceptors (Lipinski definition) is 5. The number of aromatic nitrogens is 5. The minimum atomic E-state index is -0.568. The van der Waals surface area contributed by atoms with E-state index in [1.807, 2.05) is 0 Å². The summed E-state index contributed by atoms with van der Waals surface area (Å²) in [5, 5.41) is 21.6. The smallest absolute Gasteiger partial charge is 0.176 e. The van der Waals surface area contributed by atoms with Crippen molar-refractivity contribution in [1.82, 2.24) is 25.0 Å². The van der Waals surface area contributed by atoms with Crippen molar-refractivity contribution >= 4 is 0 Å². The van der Waals surface area contributed by atoms with E-state index in [4.69, 9.17) is 9.72 Å². The number of benzene rings is 1. The second-order valence-electron chi connectivity index (χ2n) is 6.86. The summed E-state index contributed by atoms with van der Waals surface area (Å²) in [6, 6.07) is 8.26. The quantitative estimate of drug-likeness (QED) is 0.720. The lowest BCUT2D eigenvalue weighted by Gasteiger charge is -2.18. The molecule has 1 unspecified atom stereocenters. The molecule has 27 heavy (non-hydrogen) atoms. The van der Waals surface area contributed by atoms with Crippen LogP contribution in [0.2, 0.25) is 0 Å². The van der Waals surface area contributed by atoms with Gasteiger partial charge in [0, 0.05) is 24.7 Å². The Morgan fingerprint density at radius 2 is 2.11 bits per heavy atom. The second-order valence-corrected chi connectivity index (χ2v) is 6.86. The molecule has 1 aliphatic heterocycles. The molecule has 0 radical (unpaired) electrons. The van der Waals surface area contributed by atoms with Crippen molar-refractivity contribution in [3.63, 3.8) is 0 Å². The molecule has 1 atom stereocenters. The minimum Gasteiger partial charge on any atom is -0.391 e. The molecule has 3 heterocycles. The van der Waals surface area contributed by atoms with Crippen molar-refractivity contribution in [3.8, 4) is 22.8 Å². The van der Waals surface area contributed by atoms with Gasteiger partial charge in [-0.15, -0.1) is 0 Å². The number of hydrogen-bond donors (Lipinski definition) is 2. The van der Waals surface area contributed by atoms with Crippen LogP contribution in [0.5, 0.6) is 0 Å². The van der Waals surface area contributed by atoms with Gasteiger partial charge < -0.3 is 9.84 Å². The number of ether oxygens (including phenoxy) is 1. The van der Waals surface area contributed by atoms with Crippen LogP contribution in [0.4, 0.5) is 4.39 Å². The van der Waals surface area contributed by atoms with Gasteiger partial charge in [0.1, 0.15) is 11.5 Å². The van der Waals surface area contributed by atoms with Gasteiger partial charge in [-0.1, -0.05) is 12.1 Å². The summed E-state index contributed by atoms with van der Waals surface area (Å²) >= 11 is 0. The Morgan fingerprint density at radius 1 is 1.33 bits per heavy atom. The molecule has 2 N–H and O–H groups in total. The number of rotatable bonds is 5. The van der Waals surface area contributed by atoms with Gasteiger partial charge in [0.2, 0.25) is 0 Å². The summed E-state index contributed by atoms with van der Waals surface area (Å²) in [4.78, 5) is 4.71. The van der Waals surface area contributed by atoms with Crippen LogP contribution < -0.4 is 0 Å². The van der Waals surface area contributed by atoms with Gasteiger partial charge >= 0.3 is 0 Å². The zero-order valence-corrected chi connectivity index (χ0v) is 15.1. The number of halogens is 1. The van der Waals surface area contributed by atoms with Crippen LogP contribution in [0, 0.1) is 5.82 Å². The van der Waals surface area contributed by atoms with Crippen LogP contribution in [-0.2, 0) is 11.3 Å². The van der Waals surface area contributed by atoms with Gasteiger partial charge in [0.15, 0.2) is 11.6 Å². The van der Waals surface area contributed by atoms with E-state index in [1.54, 1.807) is 35.9 Å². The average Bonchev–Trinajstić information content (AvgIpc) is 3.29. The fraction of sp³-hybridized carbons (Fsp3) is 0.421. The Labute approximate surface area is 156 Å². The lowest BCUT2D eigenvalue weighted by atomic mass is 10.00. The third kappa shape index (κ3) is 3.77. The summed E-state index contributed by atoms with van der Waals surface area (Å²) in [5.41, 5.74) is 1.56. The molecule has 142 valence electrons. The molecule has 0 amide bonds. The van der Waals surface area contributed by atoms with Crippen LogP contribution in [0.25, 0.3) is 22.8 Å². The normalized spacial score (nSPS) is 16.6. The molecule has 0 spiro atoms. The average molecular weight is 371 g/mol. The number of aliphatic hydroxyl groups is 1. The van der Waals surface area contributed by atoms with Crippen LogP contribution in [-0.4, -0.2) is 49.4 Å². The van der Waals surface area contributed by atoms with Crippen LogP contribution in [0.15, 0.2) is 30.3 Å². The Hall–Kier alpha value is -2.58. The Morgan fingerprint density at radius 3 is 2.85 bits per heavy atom. The third-order valence-corrected chi connectivity index (χ3v) is 4.68. The van der Waals surface area contributed by atoms with Crippen LogP contribution >= 0.6 is 0 Å². The van der Waals surface area contributed by atoms with Gasteiger partial charge in [-0.05, 0) is 38.0 Å². The summed E-state index contributed by atoms with van der Waals surface area (Å²) < 4.78 is 21.2. The molecule has 0 aliphatic carbocycles. The fourth-order valence-electron chi connectivity index (χ4n) is 3.31. The standard InChI is InChI=1S/C19H22FN5O2/c1-12(26)11-25-19(21-18(24-25)13-6-8-27-9-7-13)17-10-16(22-23-17)14-4-2-3-5-15(14)20/h2-5,10,12-13,26H,6-9,11H2,1H3,(H,22,23). The molecule has 0 saturated carbocycles. The van der Waals surface area contributed by atoms with Crippen LogP contribution in [0.1, 0.15) is 31.5 Å². The topological polar surface area (TPSA) is 88.8 Å². The molecule has 1 fully saturated rings. The Balaban J connectivity index is 1.70. The van der Waals surface area contributed by atoms with Crippen molar-refractivity contribution in [1.29, 1.82) is 0 Å². The summed E-state index contributed by atoms with van der Waals surface area (Å²) in [6.45, 7) is 3.43. The van der Waals surface area contributed by atoms with E-state index in [0.29, 0.717) is 42.5 Å². The first-order valence-corrected chi connectivity index (χ1v) is 9.13. The molecule has 8 heteroatoms. The van der Waals surface area contributed by atoms with E-state index in [2.05, 4.69) is 15.3 Å². The van der Waals surface area contributed by atoms with Crippen molar-refractivity contribution in [2.45, 2.75) is 38.3 Å². The number of aromatic amines is 1. The van der Waals surface area contributed by atoms with E-state index >= 15 is 0 Å². The van der Waals surface area contributed by atoms with E-state index in [-0.39, 0.29) is 11.7 Å². The molecule has 0 bridgehead atoms. The van der Waals surface area contributed by atoms with Crippen molar-refractivity contribution in [2.75, 3.05) is 13.2 Å². The first-order valence-electron chi connectivity index (χ1n) is 9.13.